The largest absolute Gasteiger partial charge is 0.268 e. The Bertz CT molecular complexity index is 1350. The van der Waals surface area contributed by atoms with E-state index < -0.39 is 27.4 Å². The van der Waals surface area contributed by atoms with Gasteiger partial charge in [0.2, 0.25) is 10.0 Å². The van der Waals surface area contributed by atoms with Gasteiger partial charge in [-0.25, -0.2) is 18.0 Å². The summed E-state index contributed by atoms with van der Waals surface area (Å²) in [6, 6.07) is 16.6. The maximum absolute atomic E-state index is 13.4. The molecule has 172 valence electrons. The molecule has 0 unspecified atom stereocenters. The maximum Gasteiger partial charge on any atom is 0.266 e. The molecule has 3 aromatic carbocycles. The number of amides is 2. The van der Waals surface area contributed by atoms with E-state index in [1.165, 1.54) is 12.1 Å². The van der Waals surface area contributed by atoms with E-state index in [1.807, 2.05) is 13.8 Å². The van der Waals surface area contributed by atoms with E-state index in [0.29, 0.717) is 34.0 Å². The minimum atomic E-state index is -3.88. The second-order valence-corrected chi connectivity index (χ2v) is 12.0. The third-order valence-electron chi connectivity index (χ3n) is 5.57. The van der Waals surface area contributed by atoms with Crippen LogP contribution in [0.25, 0.3) is 10.8 Å². The van der Waals surface area contributed by atoms with E-state index in [0.717, 1.165) is 4.90 Å². The van der Waals surface area contributed by atoms with Crippen LogP contribution >= 0.6 is 0 Å². The third kappa shape index (κ3) is 4.30. The predicted octanol–water partition coefficient (Wildman–Crippen LogP) is 5.13. The Hall–Kier alpha value is -3.03. The highest BCUT2D eigenvalue weighted by atomic mass is 32.2. The zero-order chi connectivity index (χ0) is 24.2. The first-order valence-corrected chi connectivity index (χ1v) is 12.3. The van der Waals surface area contributed by atoms with Gasteiger partial charge in [-0.3, -0.25) is 9.59 Å². The number of anilines is 1. The number of carbonyl (C=O) groups is 2. The Kier molecular flexibility index (Phi) is 5.46. The van der Waals surface area contributed by atoms with Crippen molar-refractivity contribution in [2.75, 3.05) is 4.90 Å². The van der Waals surface area contributed by atoms with Gasteiger partial charge < -0.3 is 0 Å². The molecule has 0 saturated carbocycles. The molecule has 2 amide bonds. The summed E-state index contributed by atoms with van der Waals surface area (Å²) in [5.41, 5.74) is 0.315. The predicted molar refractivity (Wildman–Crippen MR) is 130 cm³/mol. The first-order chi connectivity index (χ1) is 15.3. The van der Waals surface area contributed by atoms with Gasteiger partial charge in [-0.1, -0.05) is 57.2 Å². The quantitative estimate of drug-likeness (QED) is 0.531. The number of hydrogen-bond donors (Lipinski definition) is 1. The van der Waals surface area contributed by atoms with Gasteiger partial charge in [-0.15, -0.1) is 0 Å². The van der Waals surface area contributed by atoms with Crippen molar-refractivity contribution in [3.8, 4) is 0 Å². The minimum absolute atomic E-state index is 0.0660. The van der Waals surface area contributed by atoms with Gasteiger partial charge in [-0.2, -0.15) is 0 Å². The lowest BCUT2D eigenvalue weighted by Gasteiger charge is -2.33. The molecule has 0 aliphatic carbocycles. The zero-order valence-corrected chi connectivity index (χ0v) is 20.3. The molecule has 0 radical (unpaired) electrons. The van der Waals surface area contributed by atoms with Crippen molar-refractivity contribution < 1.29 is 18.0 Å². The molecule has 0 atom stereocenters. The molecular formula is C26H28N2O4S. The molecule has 0 bridgehead atoms. The molecular weight excluding hydrogens is 436 g/mol. The SMILES string of the molecule is CC(C)(C)CC(C)(C)NS(=O)(=O)c1ccc(N2C(=O)c3ccccc3C2=O)c2ccccc12. The smallest absolute Gasteiger partial charge is 0.266 e. The molecule has 3 aromatic rings. The molecule has 0 fully saturated rings. The van der Waals surface area contributed by atoms with Gasteiger partial charge >= 0.3 is 0 Å². The van der Waals surface area contributed by atoms with E-state index in [9.17, 15) is 18.0 Å². The number of carbonyl (C=O) groups excluding carboxylic acids is 2. The first-order valence-electron chi connectivity index (χ1n) is 10.8. The number of fused-ring (bicyclic) bond motifs is 2. The topological polar surface area (TPSA) is 83.6 Å². The maximum atomic E-state index is 13.4. The van der Waals surface area contributed by atoms with Crippen LogP contribution < -0.4 is 9.62 Å². The van der Waals surface area contributed by atoms with Crippen LogP contribution in [0.3, 0.4) is 0 Å². The van der Waals surface area contributed by atoms with Crippen LogP contribution in [0.5, 0.6) is 0 Å². The standard InChI is InChI=1S/C26H28N2O4S/c1-25(2,3)16-26(4,5)27-33(31,32)22-15-14-21(17-10-6-7-11-18(17)22)28-23(29)19-12-8-9-13-20(19)24(28)30/h6-15,27H,16H2,1-5H3. The van der Waals surface area contributed by atoms with Crippen molar-refractivity contribution in [1.29, 1.82) is 0 Å². The number of sulfonamides is 1. The molecule has 33 heavy (non-hydrogen) atoms. The number of hydrogen-bond acceptors (Lipinski definition) is 4. The van der Waals surface area contributed by atoms with Crippen LogP contribution in [0.2, 0.25) is 0 Å². The van der Waals surface area contributed by atoms with E-state index in [2.05, 4.69) is 25.5 Å². The first kappa shape index (κ1) is 23.1. The summed E-state index contributed by atoms with van der Waals surface area (Å²) in [5, 5.41) is 0.967. The fourth-order valence-corrected chi connectivity index (χ4v) is 6.50. The molecule has 7 heteroatoms. The zero-order valence-electron chi connectivity index (χ0n) is 19.5. The molecule has 1 aliphatic rings. The van der Waals surface area contributed by atoms with E-state index in [4.69, 9.17) is 0 Å². The van der Waals surface area contributed by atoms with Gasteiger partial charge in [-0.05, 0) is 49.9 Å². The number of nitrogens with zero attached hydrogens (tertiary/aromatic N) is 1. The summed E-state index contributed by atoms with van der Waals surface area (Å²) in [6.45, 7) is 9.93. The fraction of sp³-hybridized carbons (Fsp3) is 0.308. The van der Waals surface area contributed by atoms with Crippen molar-refractivity contribution >= 4 is 38.3 Å². The molecule has 1 heterocycles. The van der Waals surface area contributed by atoms with Crippen LogP contribution in [-0.4, -0.2) is 25.8 Å². The molecule has 1 N–H and O–H groups in total. The molecule has 0 aromatic heterocycles. The van der Waals surface area contributed by atoms with Gasteiger partial charge in [0, 0.05) is 16.3 Å². The van der Waals surface area contributed by atoms with Crippen LogP contribution in [0.4, 0.5) is 5.69 Å². The van der Waals surface area contributed by atoms with Crippen molar-refractivity contribution in [3.63, 3.8) is 0 Å². The Balaban J connectivity index is 1.80. The summed E-state index contributed by atoms with van der Waals surface area (Å²) in [4.78, 5) is 27.3. The lowest BCUT2D eigenvalue weighted by Crippen LogP contribution is -2.45. The highest BCUT2D eigenvalue weighted by Gasteiger charge is 2.38. The van der Waals surface area contributed by atoms with Crippen LogP contribution in [0.1, 0.15) is 61.8 Å². The van der Waals surface area contributed by atoms with Crippen LogP contribution in [0.15, 0.2) is 65.6 Å². The Morgan fingerprint density at radius 2 is 1.27 bits per heavy atom. The van der Waals surface area contributed by atoms with Crippen molar-refractivity contribution in [2.45, 2.75) is 51.5 Å². The highest BCUT2D eigenvalue weighted by Crippen LogP contribution is 2.37. The number of nitrogens with one attached hydrogen (secondary N) is 1. The van der Waals surface area contributed by atoms with Crippen LogP contribution in [0, 0.1) is 5.41 Å². The normalized spacial score (nSPS) is 14.8. The Morgan fingerprint density at radius 1 is 0.758 bits per heavy atom. The van der Waals surface area contributed by atoms with Crippen molar-refractivity contribution in [1.82, 2.24) is 4.72 Å². The summed E-state index contributed by atoms with van der Waals surface area (Å²) in [7, 11) is -3.88. The van der Waals surface area contributed by atoms with E-state index in [-0.39, 0.29) is 10.3 Å². The minimum Gasteiger partial charge on any atom is -0.268 e. The van der Waals surface area contributed by atoms with E-state index >= 15 is 0 Å². The summed E-state index contributed by atoms with van der Waals surface area (Å²) in [6.07, 6.45) is 0.643. The molecule has 4 rings (SSSR count). The summed E-state index contributed by atoms with van der Waals surface area (Å²) < 4.78 is 29.7. The second-order valence-electron chi connectivity index (χ2n) is 10.3. The highest BCUT2D eigenvalue weighted by molar-refractivity contribution is 7.89. The Labute approximate surface area is 194 Å². The van der Waals surface area contributed by atoms with Gasteiger partial charge in [0.25, 0.3) is 11.8 Å². The summed E-state index contributed by atoms with van der Waals surface area (Å²) >= 11 is 0. The monoisotopic (exact) mass is 464 g/mol. The van der Waals surface area contributed by atoms with Crippen molar-refractivity contribution in [2.24, 2.45) is 5.41 Å². The molecule has 0 saturated heterocycles. The lowest BCUT2D eigenvalue weighted by molar-refractivity contribution is 0.0926. The second kappa shape index (κ2) is 7.78. The molecule has 0 spiro atoms. The molecule has 6 nitrogen and oxygen atoms in total. The van der Waals surface area contributed by atoms with Gasteiger partial charge in [0.1, 0.15) is 0 Å². The Morgan fingerprint density at radius 3 is 1.82 bits per heavy atom. The number of imide groups is 1. The number of rotatable bonds is 5. The number of benzene rings is 3. The fourth-order valence-electron chi connectivity index (χ4n) is 4.87. The van der Waals surface area contributed by atoms with Gasteiger partial charge in [0.15, 0.2) is 0 Å². The van der Waals surface area contributed by atoms with Crippen LogP contribution in [-0.2, 0) is 10.0 Å². The average molecular weight is 465 g/mol. The van der Waals surface area contributed by atoms with Crippen molar-refractivity contribution in [3.05, 3.63) is 71.8 Å². The van der Waals surface area contributed by atoms with E-state index in [1.54, 1.807) is 48.5 Å². The average Bonchev–Trinajstić information content (AvgIpc) is 2.95. The molecule has 1 aliphatic heterocycles. The summed E-state index contributed by atoms with van der Waals surface area (Å²) in [5.74, 6) is -0.832. The third-order valence-corrected chi connectivity index (χ3v) is 7.32. The van der Waals surface area contributed by atoms with Gasteiger partial charge in [0.05, 0.1) is 21.7 Å². The lowest BCUT2D eigenvalue weighted by atomic mass is 9.82.